The van der Waals surface area contributed by atoms with Crippen molar-refractivity contribution in [3.05, 3.63) is 34.4 Å². The van der Waals surface area contributed by atoms with Crippen molar-refractivity contribution in [1.82, 2.24) is 4.57 Å². The van der Waals surface area contributed by atoms with E-state index < -0.39 is 0 Å². The Morgan fingerprint density at radius 1 is 1.22 bits per heavy atom. The van der Waals surface area contributed by atoms with Crippen molar-refractivity contribution in [2.75, 3.05) is 0 Å². The summed E-state index contributed by atoms with van der Waals surface area (Å²) in [6, 6.07) is 6.21. The molecule has 1 fully saturated rings. The van der Waals surface area contributed by atoms with Crippen LogP contribution in [0.1, 0.15) is 56.9 Å². The van der Waals surface area contributed by atoms with Gasteiger partial charge in [0.25, 0.3) is 0 Å². The van der Waals surface area contributed by atoms with Gasteiger partial charge in [0.2, 0.25) is 0 Å². The number of benzene rings is 1. The SMILES string of the molecule is Cn1cc(CC(=O)CCC2CCCCCC2)c2c(Br)cccc21. The number of Topliss-reactive ketones (excluding diaryl/α,β-unsaturated/α-hetero) is 1. The van der Waals surface area contributed by atoms with E-state index in [9.17, 15) is 4.79 Å². The van der Waals surface area contributed by atoms with Crippen LogP contribution < -0.4 is 0 Å². The maximum atomic E-state index is 12.5. The van der Waals surface area contributed by atoms with Gasteiger partial charge in [0.1, 0.15) is 5.78 Å². The van der Waals surface area contributed by atoms with Gasteiger partial charge in [-0.25, -0.2) is 0 Å². The smallest absolute Gasteiger partial charge is 0.137 e. The molecule has 1 aromatic heterocycles. The minimum atomic E-state index is 0.387. The highest BCUT2D eigenvalue weighted by Gasteiger charge is 2.16. The summed E-state index contributed by atoms with van der Waals surface area (Å²) in [7, 11) is 2.05. The second-order valence-electron chi connectivity index (χ2n) is 7.01. The number of aryl methyl sites for hydroxylation is 1. The first kappa shape index (κ1) is 16.8. The number of halogens is 1. The van der Waals surface area contributed by atoms with Gasteiger partial charge in [-0.3, -0.25) is 4.79 Å². The van der Waals surface area contributed by atoms with Crippen molar-refractivity contribution in [1.29, 1.82) is 0 Å². The molecular weight excluding hydrogens is 350 g/mol. The van der Waals surface area contributed by atoms with E-state index in [1.807, 2.05) is 13.1 Å². The zero-order valence-electron chi connectivity index (χ0n) is 14.0. The molecule has 2 nitrogen and oxygen atoms in total. The maximum Gasteiger partial charge on any atom is 0.137 e. The summed E-state index contributed by atoms with van der Waals surface area (Å²) in [5.74, 6) is 1.17. The number of carbonyl (C=O) groups excluding carboxylic acids is 1. The van der Waals surface area contributed by atoms with Gasteiger partial charge in [-0.05, 0) is 30.0 Å². The van der Waals surface area contributed by atoms with Crippen LogP contribution in [0.2, 0.25) is 0 Å². The monoisotopic (exact) mass is 375 g/mol. The molecule has 0 radical (unpaired) electrons. The lowest BCUT2D eigenvalue weighted by atomic mass is 9.93. The van der Waals surface area contributed by atoms with Gasteiger partial charge >= 0.3 is 0 Å². The fourth-order valence-electron chi connectivity index (χ4n) is 3.94. The lowest BCUT2D eigenvalue weighted by Gasteiger charge is -2.12. The number of nitrogens with zero attached hydrogens (tertiary/aromatic N) is 1. The van der Waals surface area contributed by atoms with Crippen molar-refractivity contribution in [2.45, 2.75) is 57.8 Å². The summed E-state index contributed by atoms with van der Waals surface area (Å²) >= 11 is 3.64. The van der Waals surface area contributed by atoms with Crippen LogP contribution in [0.4, 0.5) is 0 Å². The summed E-state index contributed by atoms with van der Waals surface area (Å²) in [6.07, 6.45) is 12.6. The number of hydrogen-bond donors (Lipinski definition) is 0. The average molecular weight is 376 g/mol. The minimum absolute atomic E-state index is 0.387. The third kappa shape index (κ3) is 4.06. The summed E-state index contributed by atoms with van der Waals surface area (Å²) < 4.78 is 3.20. The third-order valence-corrected chi connectivity index (χ3v) is 5.90. The Balaban J connectivity index is 1.64. The highest BCUT2D eigenvalue weighted by molar-refractivity contribution is 9.10. The highest BCUT2D eigenvalue weighted by Crippen LogP contribution is 2.30. The molecule has 0 amide bonds. The first-order chi connectivity index (χ1) is 11.1. The van der Waals surface area contributed by atoms with Crippen molar-refractivity contribution in [3.8, 4) is 0 Å². The highest BCUT2D eigenvalue weighted by atomic mass is 79.9. The zero-order valence-corrected chi connectivity index (χ0v) is 15.6. The number of ketones is 1. The predicted molar refractivity (Wildman–Crippen MR) is 99.8 cm³/mol. The van der Waals surface area contributed by atoms with E-state index in [1.165, 1.54) is 49.4 Å². The molecule has 0 aliphatic heterocycles. The van der Waals surface area contributed by atoms with Gasteiger partial charge in [0, 0.05) is 41.5 Å². The molecule has 0 atom stereocenters. The van der Waals surface area contributed by atoms with Crippen LogP contribution in [0.25, 0.3) is 10.9 Å². The lowest BCUT2D eigenvalue weighted by molar-refractivity contribution is -0.118. The number of hydrogen-bond acceptors (Lipinski definition) is 1. The second kappa shape index (κ2) is 7.65. The van der Waals surface area contributed by atoms with E-state index in [2.05, 4.69) is 38.8 Å². The molecule has 1 aliphatic carbocycles. The summed E-state index contributed by atoms with van der Waals surface area (Å²) in [4.78, 5) is 12.5. The van der Waals surface area contributed by atoms with Gasteiger partial charge in [-0.1, -0.05) is 60.5 Å². The molecular formula is C20H26BrNO. The Labute approximate surface area is 147 Å². The Kier molecular flexibility index (Phi) is 5.58. The van der Waals surface area contributed by atoms with E-state index in [0.29, 0.717) is 12.2 Å². The molecule has 0 bridgehead atoms. The largest absolute Gasteiger partial charge is 0.350 e. The lowest BCUT2D eigenvalue weighted by Crippen LogP contribution is -2.07. The molecule has 0 saturated heterocycles. The molecule has 124 valence electrons. The summed E-state index contributed by atoms with van der Waals surface area (Å²) in [5.41, 5.74) is 2.34. The van der Waals surface area contributed by atoms with E-state index in [1.54, 1.807) is 0 Å². The Bertz CT molecular complexity index is 680. The van der Waals surface area contributed by atoms with Gasteiger partial charge < -0.3 is 4.57 Å². The van der Waals surface area contributed by atoms with Crippen LogP contribution in [0.3, 0.4) is 0 Å². The predicted octanol–water partition coefficient (Wildman–Crippen LogP) is 5.80. The molecule has 3 rings (SSSR count). The van der Waals surface area contributed by atoms with Gasteiger partial charge in [0.15, 0.2) is 0 Å². The van der Waals surface area contributed by atoms with Crippen LogP contribution in [0.15, 0.2) is 28.9 Å². The van der Waals surface area contributed by atoms with E-state index in [-0.39, 0.29) is 0 Å². The van der Waals surface area contributed by atoms with Crippen LogP contribution in [-0.4, -0.2) is 10.4 Å². The van der Waals surface area contributed by atoms with Crippen molar-refractivity contribution >= 4 is 32.6 Å². The molecule has 1 aliphatic rings. The molecule has 0 unspecified atom stereocenters. The van der Waals surface area contributed by atoms with Crippen LogP contribution in [-0.2, 0) is 18.3 Å². The molecule has 0 spiro atoms. The Morgan fingerprint density at radius 2 is 1.96 bits per heavy atom. The molecule has 23 heavy (non-hydrogen) atoms. The molecule has 1 heterocycles. The molecule has 3 heteroatoms. The van der Waals surface area contributed by atoms with Crippen LogP contribution in [0, 0.1) is 5.92 Å². The fraction of sp³-hybridized carbons (Fsp3) is 0.550. The van der Waals surface area contributed by atoms with E-state index in [4.69, 9.17) is 0 Å². The van der Waals surface area contributed by atoms with Gasteiger partial charge in [-0.2, -0.15) is 0 Å². The molecule has 2 aromatic rings. The van der Waals surface area contributed by atoms with Crippen molar-refractivity contribution in [2.24, 2.45) is 13.0 Å². The Hall–Kier alpha value is -1.09. The van der Waals surface area contributed by atoms with Gasteiger partial charge in [0.05, 0.1) is 0 Å². The zero-order chi connectivity index (χ0) is 16.2. The minimum Gasteiger partial charge on any atom is -0.350 e. The average Bonchev–Trinajstić information content (AvgIpc) is 2.72. The summed E-state index contributed by atoms with van der Waals surface area (Å²) in [5, 5.41) is 1.19. The standard InChI is InChI=1S/C20H26BrNO/c1-22-14-16(20-18(21)9-6-10-19(20)22)13-17(23)12-11-15-7-4-2-3-5-8-15/h6,9-10,14-15H,2-5,7-8,11-13H2,1H3. The van der Waals surface area contributed by atoms with Crippen molar-refractivity contribution < 1.29 is 4.79 Å². The van der Waals surface area contributed by atoms with E-state index in [0.717, 1.165) is 28.8 Å². The quantitative estimate of drug-likeness (QED) is 0.604. The second-order valence-corrected chi connectivity index (χ2v) is 7.87. The number of rotatable bonds is 5. The first-order valence-corrected chi connectivity index (χ1v) is 9.68. The maximum absolute atomic E-state index is 12.5. The molecule has 0 N–H and O–H groups in total. The normalized spacial score (nSPS) is 16.6. The number of carbonyl (C=O) groups is 1. The topological polar surface area (TPSA) is 22.0 Å². The first-order valence-electron chi connectivity index (χ1n) is 8.89. The summed E-state index contributed by atoms with van der Waals surface area (Å²) in [6.45, 7) is 0. The fourth-order valence-corrected chi connectivity index (χ4v) is 4.56. The van der Waals surface area contributed by atoms with Crippen LogP contribution in [0.5, 0.6) is 0 Å². The van der Waals surface area contributed by atoms with Gasteiger partial charge in [-0.15, -0.1) is 0 Å². The number of aromatic nitrogens is 1. The number of fused-ring (bicyclic) bond motifs is 1. The molecule has 1 aromatic carbocycles. The van der Waals surface area contributed by atoms with Crippen molar-refractivity contribution in [3.63, 3.8) is 0 Å². The van der Waals surface area contributed by atoms with Crippen LogP contribution >= 0.6 is 15.9 Å². The Morgan fingerprint density at radius 3 is 2.70 bits per heavy atom. The molecule has 1 saturated carbocycles. The van der Waals surface area contributed by atoms with E-state index >= 15 is 0 Å². The third-order valence-electron chi connectivity index (χ3n) is 5.24.